The molecule has 4 nitrogen and oxygen atoms in total. The highest BCUT2D eigenvalue weighted by Gasteiger charge is 2.46. The van der Waals surface area contributed by atoms with E-state index in [9.17, 15) is 0 Å². The smallest absolute Gasteiger partial charge is 0.252 e. The van der Waals surface area contributed by atoms with Crippen molar-refractivity contribution in [3.05, 3.63) is 247 Å². The van der Waals surface area contributed by atoms with Gasteiger partial charge in [0.05, 0.1) is 22.7 Å². The molecule has 10 aromatic carbocycles. The van der Waals surface area contributed by atoms with E-state index in [4.69, 9.17) is 0 Å². The Balaban J connectivity index is 1.10. The number of rotatable bonds is 4. The van der Waals surface area contributed by atoms with Gasteiger partial charge >= 0.3 is 0 Å². The van der Waals surface area contributed by atoms with E-state index in [0.717, 1.165) is 22.7 Å². The molecule has 4 aliphatic heterocycles. The SMILES string of the molecule is c1ccc(N2c3ccccc3B3c4c2cccc4N(c2ccccc2)c2ccc4c5c(ccc4c23)N(c2ccccc2)c2cccc3c2C5c2ccccc2N3c2ccccc2)cc1. The monoisotopic (exact) mass is 814 g/mol. The van der Waals surface area contributed by atoms with Crippen LogP contribution in [0.5, 0.6) is 0 Å². The van der Waals surface area contributed by atoms with Crippen LogP contribution in [0, 0.1) is 0 Å². The summed E-state index contributed by atoms with van der Waals surface area (Å²) in [7, 11) is 0. The third-order valence-corrected chi connectivity index (χ3v) is 14.0. The van der Waals surface area contributed by atoms with E-state index in [1.54, 1.807) is 0 Å². The summed E-state index contributed by atoms with van der Waals surface area (Å²) in [5.41, 5.74) is 22.3. The normalized spacial score (nSPS) is 14.9. The zero-order chi connectivity index (χ0) is 41.9. The van der Waals surface area contributed by atoms with Gasteiger partial charge in [0.15, 0.2) is 0 Å². The predicted octanol–water partition coefficient (Wildman–Crippen LogP) is 13.7. The van der Waals surface area contributed by atoms with Gasteiger partial charge in [0.1, 0.15) is 0 Å². The van der Waals surface area contributed by atoms with Gasteiger partial charge in [-0.1, -0.05) is 133 Å². The molecule has 10 aromatic rings. The summed E-state index contributed by atoms with van der Waals surface area (Å²) in [4.78, 5) is 9.97. The average molecular weight is 815 g/mol. The first-order valence-corrected chi connectivity index (χ1v) is 22.3. The molecule has 4 aliphatic rings. The van der Waals surface area contributed by atoms with Crippen LogP contribution in [-0.2, 0) is 0 Å². The molecule has 0 saturated heterocycles. The Kier molecular flexibility index (Phi) is 7.51. The first kappa shape index (κ1) is 35.3. The van der Waals surface area contributed by atoms with Gasteiger partial charge in [0.25, 0.3) is 6.71 Å². The van der Waals surface area contributed by atoms with Crippen LogP contribution < -0.4 is 36.0 Å². The standard InChI is InChI=1S/C59H39BN4/c1-5-19-39(20-6-1)61-47-29-15-13-27-45(47)56-55-43-35-38-54-58(44(43)36-37-51(55)63(41-23-9-3-10-24-41)50-32-17-31-49(61)57(50)56)60-46-28-14-16-30-48(46)62(40-21-7-2-8-22-40)52-33-18-34-53(59(52)60)64(54)42-25-11-4-12-26-42/h1-38,56H. The summed E-state index contributed by atoms with van der Waals surface area (Å²) in [6.45, 7) is -0.0112. The molecular weight excluding hydrogens is 775 g/mol. The molecule has 0 N–H and O–H groups in total. The van der Waals surface area contributed by atoms with Crippen LogP contribution in [0.15, 0.2) is 231 Å². The highest BCUT2D eigenvalue weighted by molar-refractivity contribution is 7.01. The Morgan fingerprint density at radius 1 is 0.266 bits per heavy atom. The first-order valence-electron chi connectivity index (χ1n) is 22.3. The minimum atomic E-state index is -0.0112. The summed E-state index contributed by atoms with van der Waals surface area (Å²) >= 11 is 0. The molecule has 0 saturated carbocycles. The Bertz CT molecular complexity index is 3220. The number of benzene rings is 10. The van der Waals surface area contributed by atoms with Crippen molar-refractivity contribution in [2.45, 2.75) is 5.92 Å². The fourth-order valence-electron chi connectivity index (χ4n) is 11.6. The van der Waals surface area contributed by atoms with E-state index in [-0.39, 0.29) is 12.6 Å². The molecule has 0 amide bonds. The molecule has 0 aliphatic carbocycles. The largest absolute Gasteiger partial charge is 0.311 e. The molecule has 5 heteroatoms. The van der Waals surface area contributed by atoms with Crippen molar-refractivity contribution in [1.82, 2.24) is 0 Å². The summed E-state index contributed by atoms with van der Waals surface area (Å²) in [6, 6.07) is 85.2. The van der Waals surface area contributed by atoms with Crippen molar-refractivity contribution < 1.29 is 0 Å². The molecule has 1 atom stereocenters. The molecule has 14 rings (SSSR count). The molecule has 4 heterocycles. The maximum absolute atomic E-state index is 2.51. The molecule has 0 radical (unpaired) electrons. The number of fused-ring (bicyclic) bond motifs is 11. The van der Waals surface area contributed by atoms with E-state index >= 15 is 0 Å². The predicted molar refractivity (Wildman–Crippen MR) is 268 cm³/mol. The second-order valence-corrected chi connectivity index (χ2v) is 17.2. The Morgan fingerprint density at radius 2 is 0.656 bits per heavy atom. The minimum Gasteiger partial charge on any atom is -0.311 e. The van der Waals surface area contributed by atoms with E-state index in [2.05, 4.69) is 250 Å². The highest BCUT2D eigenvalue weighted by atomic mass is 15.2. The molecule has 298 valence electrons. The molecule has 0 bridgehead atoms. The molecular formula is C59H39BN4. The number of anilines is 12. The topological polar surface area (TPSA) is 13.0 Å². The van der Waals surface area contributed by atoms with E-state index in [1.165, 1.54) is 89.4 Å². The maximum Gasteiger partial charge on any atom is 0.252 e. The number of para-hydroxylation sites is 6. The van der Waals surface area contributed by atoms with Crippen LogP contribution in [0.3, 0.4) is 0 Å². The first-order chi connectivity index (χ1) is 31.8. The van der Waals surface area contributed by atoms with Gasteiger partial charge in [0, 0.05) is 57.0 Å². The van der Waals surface area contributed by atoms with E-state index in [0.29, 0.717) is 0 Å². The lowest BCUT2D eigenvalue weighted by molar-refractivity contribution is 0.917. The van der Waals surface area contributed by atoms with Gasteiger partial charge in [-0.2, -0.15) is 0 Å². The zero-order valence-electron chi connectivity index (χ0n) is 34.9. The van der Waals surface area contributed by atoms with Gasteiger partial charge in [-0.15, -0.1) is 0 Å². The Labute approximate surface area is 373 Å². The third-order valence-electron chi connectivity index (χ3n) is 14.0. The fourth-order valence-corrected chi connectivity index (χ4v) is 11.6. The lowest BCUT2D eigenvalue weighted by Gasteiger charge is -2.46. The average Bonchev–Trinajstić information content (AvgIpc) is 3.37. The lowest BCUT2D eigenvalue weighted by atomic mass is 9.33. The zero-order valence-corrected chi connectivity index (χ0v) is 34.9. The highest BCUT2D eigenvalue weighted by Crippen LogP contribution is 2.61. The number of hydrogen-bond donors (Lipinski definition) is 0. The fraction of sp³-hybridized carbons (Fsp3) is 0.0169. The Morgan fingerprint density at radius 3 is 1.25 bits per heavy atom. The molecule has 1 unspecified atom stereocenters. The third kappa shape index (κ3) is 4.84. The van der Waals surface area contributed by atoms with Gasteiger partial charge in [-0.25, -0.2) is 0 Å². The van der Waals surface area contributed by atoms with Crippen LogP contribution in [-0.4, -0.2) is 6.71 Å². The maximum atomic E-state index is 2.51. The minimum absolute atomic E-state index is 0.0112. The van der Waals surface area contributed by atoms with Crippen molar-refractivity contribution in [3.63, 3.8) is 0 Å². The van der Waals surface area contributed by atoms with Crippen LogP contribution in [0.1, 0.15) is 22.6 Å². The summed E-state index contributed by atoms with van der Waals surface area (Å²) in [6.07, 6.45) is 0. The van der Waals surface area contributed by atoms with Crippen LogP contribution in [0.25, 0.3) is 10.8 Å². The Hall–Kier alpha value is -8.28. The second-order valence-electron chi connectivity index (χ2n) is 17.2. The van der Waals surface area contributed by atoms with Gasteiger partial charge in [0.2, 0.25) is 0 Å². The molecule has 0 aromatic heterocycles. The second kappa shape index (κ2) is 13.6. The van der Waals surface area contributed by atoms with Crippen LogP contribution >= 0.6 is 0 Å². The number of nitrogens with zero attached hydrogens (tertiary/aromatic N) is 4. The quantitative estimate of drug-likeness (QED) is 0.164. The lowest BCUT2D eigenvalue weighted by Crippen LogP contribution is -2.61. The van der Waals surface area contributed by atoms with Gasteiger partial charge in [-0.3, -0.25) is 0 Å². The van der Waals surface area contributed by atoms with Crippen molar-refractivity contribution in [2.75, 3.05) is 19.6 Å². The molecule has 0 spiro atoms. The van der Waals surface area contributed by atoms with E-state index in [1.807, 2.05) is 0 Å². The van der Waals surface area contributed by atoms with Crippen molar-refractivity contribution in [2.24, 2.45) is 0 Å². The molecule has 64 heavy (non-hydrogen) atoms. The van der Waals surface area contributed by atoms with Crippen LogP contribution in [0.4, 0.5) is 68.2 Å². The van der Waals surface area contributed by atoms with Gasteiger partial charge in [-0.05, 0) is 135 Å². The van der Waals surface area contributed by atoms with Crippen LogP contribution in [0.2, 0.25) is 0 Å². The summed E-state index contributed by atoms with van der Waals surface area (Å²) in [5.74, 6) is -0.0112. The summed E-state index contributed by atoms with van der Waals surface area (Å²) in [5, 5.41) is 2.56. The molecule has 0 fully saturated rings. The van der Waals surface area contributed by atoms with Crippen molar-refractivity contribution in [3.8, 4) is 0 Å². The van der Waals surface area contributed by atoms with E-state index < -0.39 is 0 Å². The van der Waals surface area contributed by atoms with Crippen molar-refractivity contribution >= 4 is 102 Å². The van der Waals surface area contributed by atoms with Crippen molar-refractivity contribution in [1.29, 1.82) is 0 Å². The number of hydrogen-bond acceptors (Lipinski definition) is 4. The summed E-state index contributed by atoms with van der Waals surface area (Å²) < 4.78 is 0. The van der Waals surface area contributed by atoms with Gasteiger partial charge < -0.3 is 19.6 Å².